The number of fused-ring (bicyclic) bond motifs is 1. The van der Waals surface area contributed by atoms with Crippen LogP contribution in [0.3, 0.4) is 0 Å². The van der Waals surface area contributed by atoms with E-state index in [4.69, 9.17) is 4.74 Å². The van der Waals surface area contributed by atoms with E-state index >= 15 is 0 Å². The predicted molar refractivity (Wildman–Crippen MR) is 96.5 cm³/mol. The van der Waals surface area contributed by atoms with Crippen molar-refractivity contribution in [2.75, 3.05) is 6.61 Å². The molecule has 1 aromatic carbocycles. The van der Waals surface area contributed by atoms with Crippen molar-refractivity contribution in [1.29, 1.82) is 0 Å². The lowest BCUT2D eigenvalue weighted by Crippen LogP contribution is -2.44. The van der Waals surface area contributed by atoms with Crippen LogP contribution in [0.25, 0.3) is 5.57 Å². The molecule has 0 spiro atoms. The highest BCUT2D eigenvalue weighted by Crippen LogP contribution is 2.56. The van der Waals surface area contributed by atoms with E-state index in [-0.39, 0.29) is 18.6 Å². The van der Waals surface area contributed by atoms with Crippen LogP contribution < -0.4 is 0 Å². The van der Waals surface area contributed by atoms with Crippen LogP contribution in [0.15, 0.2) is 18.2 Å². The molecule has 1 heterocycles. The van der Waals surface area contributed by atoms with Crippen molar-refractivity contribution >= 4 is 26.8 Å². The molecule has 0 saturated carbocycles. The average Bonchev–Trinajstić information content (AvgIpc) is 3.35. The van der Waals surface area contributed by atoms with Crippen molar-refractivity contribution in [1.82, 2.24) is 0 Å². The summed E-state index contributed by atoms with van der Waals surface area (Å²) in [6.45, 7) is 3.17. The van der Waals surface area contributed by atoms with E-state index in [1.807, 2.05) is 6.92 Å². The Hall–Kier alpha value is -0.770. The lowest BCUT2D eigenvalue weighted by Gasteiger charge is -2.31. The Bertz CT molecular complexity index is 739. The Kier molecular flexibility index (Phi) is 4.89. The number of alkyl halides is 2. The summed E-state index contributed by atoms with van der Waals surface area (Å²) in [7, 11) is 0. The topological polar surface area (TPSA) is 70.1 Å². The summed E-state index contributed by atoms with van der Waals surface area (Å²) in [5.41, 5.74) is 1.19. The van der Waals surface area contributed by atoms with Gasteiger partial charge in [0, 0.05) is 5.56 Å². The Morgan fingerprint density at radius 1 is 1.36 bits per heavy atom. The number of hydrogen-bond acceptors (Lipinski definition) is 4. The first-order valence-electron chi connectivity index (χ1n) is 8.24. The van der Waals surface area contributed by atoms with Gasteiger partial charge in [0.15, 0.2) is 32.6 Å². The molecule has 1 aromatic rings. The number of ether oxygens (including phenoxy) is 1. The second-order valence-corrected chi connectivity index (χ2v) is 8.31. The maximum atomic E-state index is 14.9. The summed E-state index contributed by atoms with van der Waals surface area (Å²) in [6, 6.07) is 3.35. The molecule has 4 nitrogen and oxygen atoms in total. The molecule has 0 aromatic heterocycles. The predicted octanol–water partition coefficient (Wildman–Crippen LogP) is 3.86. The van der Waals surface area contributed by atoms with Crippen LogP contribution >= 0.6 is 21.2 Å². The molecule has 25 heavy (non-hydrogen) atoms. The van der Waals surface area contributed by atoms with E-state index in [1.54, 1.807) is 12.1 Å². The SMILES string of the molecule is CCC(O)(O)CC(F)(F)C1(c2ccc3c(c2I=O)CCC=C3C)CO1. The molecule has 1 saturated heterocycles. The average molecular weight is 466 g/mol. The second kappa shape index (κ2) is 6.44. The minimum atomic E-state index is -3.48. The van der Waals surface area contributed by atoms with Gasteiger partial charge in [-0.15, -0.1) is 0 Å². The van der Waals surface area contributed by atoms with E-state index in [2.05, 4.69) is 6.08 Å². The van der Waals surface area contributed by atoms with Crippen LogP contribution in [0.1, 0.15) is 49.8 Å². The molecule has 2 N–H and O–H groups in total. The van der Waals surface area contributed by atoms with E-state index in [1.165, 1.54) is 6.92 Å². The molecular formula is C18H21F2IO4. The number of benzene rings is 1. The highest BCUT2D eigenvalue weighted by molar-refractivity contribution is 14.1. The normalized spacial score (nSPS) is 23.2. The molecule has 0 radical (unpaired) electrons. The van der Waals surface area contributed by atoms with E-state index in [9.17, 15) is 22.1 Å². The third kappa shape index (κ3) is 3.20. The van der Waals surface area contributed by atoms with Crippen LogP contribution in [-0.4, -0.2) is 28.5 Å². The summed E-state index contributed by atoms with van der Waals surface area (Å²) in [5, 5.41) is 19.4. The first kappa shape index (κ1) is 19.0. The maximum absolute atomic E-state index is 14.9. The number of rotatable bonds is 6. The maximum Gasteiger partial charge on any atom is 0.288 e. The molecule has 1 fully saturated rings. The van der Waals surface area contributed by atoms with Gasteiger partial charge in [-0.3, -0.25) is 3.07 Å². The van der Waals surface area contributed by atoms with E-state index in [0.717, 1.165) is 23.1 Å². The van der Waals surface area contributed by atoms with Crippen molar-refractivity contribution < 1.29 is 26.8 Å². The van der Waals surface area contributed by atoms with Gasteiger partial charge < -0.3 is 14.9 Å². The van der Waals surface area contributed by atoms with E-state index < -0.39 is 44.9 Å². The Morgan fingerprint density at radius 2 is 2.04 bits per heavy atom. The Balaban J connectivity index is 2.07. The molecule has 1 aliphatic heterocycles. The van der Waals surface area contributed by atoms with Crippen LogP contribution in [0.2, 0.25) is 0 Å². The smallest absolute Gasteiger partial charge is 0.288 e. The third-order valence-electron chi connectivity index (χ3n) is 5.12. The molecule has 2 aliphatic rings. The third-order valence-corrected chi connectivity index (χ3v) is 6.79. The van der Waals surface area contributed by atoms with Gasteiger partial charge in [0.05, 0.1) is 16.6 Å². The molecule has 7 heteroatoms. The van der Waals surface area contributed by atoms with Gasteiger partial charge in [0.1, 0.15) is 0 Å². The minimum absolute atomic E-state index is 0.214. The fraction of sp³-hybridized carbons (Fsp3) is 0.556. The lowest BCUT2D eigenvalue weighted by molar-refractivity contribution is -0.225. The Morgan fingerprint density at radius 3 is 2.60 bits per heavy atom. The molecule has 138 valence electrons. The zero-order chi connectivity index (χ0) is 18.5. The van der Waals surface area contributed by atoms with Gasteiger partial charge in [-0.05, 0) is 42.9 Å². The van der Waals surface area contributed by atoms with Crippen molar-refractivity contribution in [3.63, 3.8) is 0 Å². The van der Waals surface area contributed by atoms with Gasteiger partial charge in [-0.1, -0.05) is 25.1 Å². The van der Waals surface area contributed by atoms with Gasteiger partial charge in [-0.2, -0.15) is 0 Å². The molecule has 1 aliphatic carbocycles. The van der Waals surface area contributed by atoms with Crippen molar-refractivity contribution in [2.24, 2.45) is 0 Å². The summed E-state index contributed by atoms with van der Waals surface area (Å²) < 4.78 is 47.4. The summed E-state index contributed by atoms with van der Waals surface area (Å²) in [4.78, 5) is 0. The summed E-state index contributed by atoms with van der Waals surface area (Å²) >= 11 is -1.68. The monoisotopic (exact) mass is 466 g/mol. The molecule has 0 amide bonds. The standard InChI is InChI=1S/C18H21F2IO4/c1-3-16(22,23)9-18(19,20)17(10-25-17)14-8-7-12-11(2)5-4-6-13(12)15(14)21-24/h5,7-8,22-23H,3-4,6,9-10H2,1-2H3. The van der Waals surface area contributed by atoms with Gasteiger partial charge in [-0.25, -0.2) is 8.78 Å². The van der Waals surface area contributed by atoms with Crippen molar-refractivity contribution in [2.45, 2.75) is 56.8 Å². The van der Waals surface area contributed by atoms with Crippen molar-refractivity contribution in [3.05, 3.63) is 38.5 Å². The summed E-state index contributed by atoms with van der Waals surface area (Å²) in [6.07, 6.45) is 2.20. The lowest BCUT2D eigenvalue weighted by atomic mass is 9.83. The van der Waals surface area contributed by atoms with E-state index in [0.29, 0.717) is 9.99 Å². The molecular weight excluding hydrogens is 445 g/mol. The zero-order valence-electron chi connectivity index (χ0n) is 14.1. The number of aliphatic hydroxyl groups is 2. The van der Waals surface area contributed by atoms with Crippen LogP contribution in [-0.2, 0) is 19.8 Å². The summed E-state index contributed by atoms with van der Waals surface area (Å²) in [5.74, 6) is -5.95. The highest BCUT2D eigenvalue weighted by Gasteiger charge is 2.67. The highest BCUT2D eigenvalue weighted by atomic mass is 127. The molecule has 1 atom stereocenters. The molecule has 3 rings (SSSR count). The largest absolute Gasteiger partial charge is 0.365 e. The second-order valence-electron chi connectivity index (χ2n) is 6.79. The molecule has 0 bridgehead atoms. The fourth-order valence-corrected chi connectivity index (χ4v) is 5.12. The quantitative estimate of drug-likeness (QED) is 0.380. The van der Waals surface area contributed by atoms with Gasteiger partial charge in [0.2, 0.25) is 0 Å². The number of allylic oxidation sites excluding steroid dienone is 2. The Labute approximate surface area is 155 Å². The van der Waals surface area contributed by atoms with Gasteiger partial charge >= 0.3 is 0 Å². The first-order chi connectivity index (χ1) is 11.7. The number of halogens is 3. The fourth-order valence-electron chi connectivity index (χ4n) is 3.44. The molecule has 1 unspecified atom stereocenters. The van der Waals surface area contributed by atoms with Crippen molar-refractivity contribution in [3.8, 4) is 0 Å². The van der Waals surface area contributed by atoms with Crippen LogP contribution in [0, 0.1) is 3.57 Å². The number of hydrogen-bond donors (Lipinski definition) is 2. The van der Waals surface area contributed by atoms with Crippen LogP contribution in [0.5, 0.6) is 0 Å². The van der Waals surface area contributed by atoms with Gasteiger partial charge in [0.25, 0.3) is 5.92 Å². The van der Waals surface area contributed by atoms with Crippen LogP contribution in [0.4, 0.5) is 8.78 Å². The number of epoxide rings is 1. The zero-order valence-corrected chi connectivity index (χ0v) is 16.3. The minimum Gasteiger partial charge on any atom is -0.365 e. The first-order valence-corrected chi connectivity index (χ1v) is 10.2.